The summed E-state index contributed by atoms with van der Waals surface area (Å²) < 4.78 is 10.8. The molecule has 0 aromatic carbocycles. The number of amides is 1. The topological polar surface area (TPSA) is 78.7 Å². The van der Waals surface area contributed by atoms with Crippen molar-refractivity contribution in [3.63, 3.8) is 0 Å². The van der Waals surface area contributed by atoms with E-state index in [1.807, 2.05) is 4.90 Å². The molecular formula is C20H26N4O3S. The zero-order valence-electron chi connectivity index (χ0n) is 16.1. The van der Waals surface area contributed by atoms with Crippen LogP contribution in [0.3, 0.4) is 0 Å². The lowest BCUT2D eigenvalue weighted by molar-refractivity contribution is -0.132. The Kier molecular flexibility index (Phi) is 6.35. The molecule has 28 heavy (non-hydrogen) atoms. The molecule has 8 heteroatoms. The number of anilines is 1. The van der Waals surface area contributed by atoms with Gasteiger partial charge in [0.1, 0.15) is 16.9 Å². The molecule has 0 atom stereocenters. The molecule has 3 heterocycles. The number of thioether (sulfide) groups is 1. The average Bonchev–Trinajstić information content (AvgIpc) is 2.77. The zero-order chi connectivity index (χ0) is 19.3. The minimum Gasteiger partial charge on any atom is -0.378 e. The predicted molar refractivity (Wildman–Crippen MR) is 107 cm³/mol. The minimum atomic E-state index is 0.0876. The van der Waals surface area contributed by atoms with E-state index in [1.54, 1.807) is 0 Å². The molecule has 3 aliphatic rings. The van der Waals surface area contributed by atoms with Gasteiger partial charge in [0.05, 0.1) is 37.7 Å². The third-order valence-corrected chi connectivity index (χ3v) is 6.54. The highest BCUT2D eigenvalue weighted by Crippen LogP contribution is 2.36. The number of aromatic nitrogens is 1. The lowest BCUT2D eigenvalue weighted by Gasteiger charge is -2.32. The van der Waals surface area contributed by atoms with Crippen LogP contribution in [0.4, 0.5) is 5.82 Å². The molecule has 1 aliphatic carbocycles. The first-order chi connectivity index (χ1) is 13.8. The van der Waals surface area contributed by atoms with Crippen LogP contribution in [0.2, 0.25) is 0 Å². The second-order valence-corrected chi connectivity index (χ2v) is 8.24. The number of nitriles is 1. The fourth-order valence-corrected chi connectivity index (χ4v) is 4.97. The van der Waals surface area contributed by atoms with Crippen LogP contribution in [-0.4, -0.2) is 74.2 Å². The van der Waals surface area contributed by atoms with Gasteiger partial charge in [0, 0.05) is 26.2 Å². The van der Waals surface area contributed by atoms with E-state index in [9.17, 15) is 10.1 Å². The Bertz CT molecular complexity index is 768. The molecule has 1 aromatic heterocycles. The normalized spacial score (nSPS) is 19.8. The minimum absolute atomic E-state index is 0.0876. The van der Waals surface area contributed by atoms with Gasteiger partial charge in [0.2, 0.25) is 5.91 Å². The number of morpholine rings is 2. The summed E-state index contributed by atoms with van der Waals surface area (Å²) in [6, 6.07) is 2.39. The third kappa shape index (κ3) is 4.12. The maximum Gasteiger partial charge on any atom is 0.233 e. The Morgan fingerprint density at radius 1 is 1.04 bits per heavy atom. The van der Waals surface area contributed by atoms with Crippen molar-refractivity contribution in [2.24, 2.45) is 0 Å². The Labute approximate surface area is 170 Å². The zero-order valence-corrected chi connectivity index (χ0v) is 16.9. The van der Waals surface area contributed by atoms with Gasteiger partial charge in [-0.3, -0.25) is 4.79 Å². The molecule has 0 saturated carbocycles. The number of pyridine rings is 1. The molecule has 7 nitrogen and oxygen atoms in total. The molecule has 4 rings (SSSR count). The van der Waals surface area contributed by atoms with Gasteiger partial charge in [0.25, 0.3) is 0 Å². The Balaban J connectivity index is 1.60. The highest BCUT2D eigenvalue weighted by molar-refractivity contribution is 8.00. The first-order valence-corrected chi connectivity index (χ1v) is 11.0. The monoisotopic (exact) mass is 402 g/mol. The number of nitrogens with zero attached hydrogens (tertiary/aromatic N) is 4. The number of rotatable bonds is 4. The highest BCUT2D eigenvalue weighted by atomic mass is 32.2. The fourth-order valence-electron chi connectivity index (χ4n) is 4.07. The van der Waals surface area contributed by atoms with E-state index in [1.165, 1.54) is 17.3 Å². The van der Waals surface area contributed by atoms with Crippen LogP contribution in [0, 0.1) is 11.3 Å². The van der Waals surface area contributed by atoms with Gasteiger partial charge in [-0.25, -0.2) is 4.98 Å². The summed E-state index contributed by atoms with van der Waals surface area (Å²) in [6.45, 7) is 5.52. The van der Waals surface area contributed by atoms with Crippen molar-refractivity contribution < 1.29 is 14.3 Å². The van der Waals surface area contributed by atoms with Gasteiger partial charge in [0.15, 0.2) is 0 Å². The Morgan fingerprint density at radius 2 is 1.68 bits per heavy atom. The molecule has 2 aliphatic heterocycles. The van der Waals surface area contributed by atoms with Crippen LogP contribution >= 0.6 is 11.8 Å². The van der Waals surface area contributed by atoms with Gasteiger partial charge >= 0.3 is 0 Å². The van der Waals surface area contributed by atoms with E-state index >= 15 is 0 Å². The van der Waals surface area contributed by atoms with Crippen molar-refractivity contribution in [2.45, 2.75) is 30.7 Å². The number of carbonyl (C=O) groups excluding carboxylic acids is 1. The van der Waals surface area contributed by atoms with Gasteiger partial charge < -0.3 is 19.3 Å². The maximum atomic E-state index is 12.6. The SMILES string of the molecule is N#Cc1c(SCC(=O)N2CCOCC2)nc(N2CCOCC2)c2c1CCCC2. The predicted octanol–water partition coefficient (Wildman–Crippen LogP) is 1.62. The van der Waals surface area contributed by atoms with Gasteiger partial charge in [-0.05, 0) is 36.8 Å². The lowest BCUT2D eigenvalue weighted by Crippen LogP contribution is -2.41. The van der Waals surface area contributed by atoms with Gasteiger partial charge in [-0.15, -0.1) is 0 Å². The number of hydrogen-bond donors (Lipinski definition) is 0. The molecule has 150 valence electrons. The molecule has 0 bridgehead atoms. The molecule has 2 saturated heterocycles. The molecule has 0 radical (unpaired) electrons. The smallest absolute Gasteiger partial charge is 0.233 e. The van der Waals surface area contributed by atoms with Crippen LogP contribution in [0.1, 0.15) is 29.5 Å². The van der Waals surface area contributed by atoms with Crippen molar-refractivity contribution in [1.29, 1.82) is 5.26 Å². The van der Waals surface area contributed by atoms with Crippen LogP contribution in [0.15, 0.2) is 5.03 Å². The molecule has 2 fully saturated rings. The molecule has 0 unspecified atom stereocenters. The van der Waals surface area contributed by atoms with Crippen molar-refractivity contribution >= 4 is 23.5 Å². The van der Waals surface area contributed by atoms with Crippen molar-refractivity contribution in [2.75, 3.05) is 63.3 Å². The molecule has 0 spiro atoms. The first kappa shape index (κ1) is 19.5. The van der Waals surface area contributed by atoms with Crippen LogP contribution in [-0.2, 0) is 27.1 Å². The second kappa shape index (κ2) is 9.12. The maximum absolute atomic E-state index is 12.6. The van der Waals surface area contributed by atoms with Crippen LogP contribution in [0.5, 0.6) is 0 Å². The highest BCUT2D eigenvalue weighted by Gasteiger charge is 2.27. The van der Waals surface area contributed by atoms with Gasteiger partial charge in [-0.2, -0.15) is 5.26 Å². The summed E-state index contributed by atoms with van der Waals surface area (Å²) in [5.41, 5.74) is 3.05. The number of fused-ring (bicyclic) bond motifs is 1. The van der Waals surface area contributed by atoms with E-state index in [-0.39, 0.29) is 5.91 Å². The van der Waals surface area contributed by atoms with E-state index in [0.29, 0.717) is 55.9 Å². The van der Waals surface area contributed by atoms with Crippen molar-refractivity contribution in [3.8, 4) is 6.07 Å². The lowest BCUT2D eigenvalue weighted by atomic mass is 9.89. The standard InChI is InChI=1S/C20H26N4O3S/c21-13-17-15-3-1-2-4-16(15)19(24-7-11-27-12-8-24)22-20(17)28-14-18(25)23-5-9-26-10-6-23/h1-12,14H2. The summed E-state index contributed by atoms with van der Waals surface area (Å²) in [7, 11) is 0. The summed E-state index contributed by atoms with van der Waals surface area (Å²) in [5.74, 6) is 1.39. The summed E-state index contributed by atoms with van der Waals surface area (Å²) in [5, 5.41) is 10.5. The molecule has 0 N–H and O–H groups in total. The summed E-state index contributed by atoms with van der Waals surface area (Å²) in [4.78, 5) is 21.6. The summed E-state index contributed by atoms with van der Waals surface area (Å²) in [6.07, 6.45) is 4.13. The van der Waals surface area contributed by atoms with E-state index in [0.717, 1.165) is 50.2 Å². The third-order valence-electron chi connectivity index (χ3n) is 5.58. The number of ether oxygens (including phenoxy) is 2. The second-order valence-electron chi connectivity index (χ2n) is 7.27. The number of hydrogen-bond acceptors (Lipinski definition) is 7. The fraction of sp³-hybridized carbons (Fsp3) is 0.650. The van der Waals surface area contributed by atoms with E-state index in [4.69, 9.17) is 14.5 Å². The van der Waals surface area contributed by atoms with Crippen molar-refractivity contribution in [1.82, 2.24) is 9.88 Å². The Morgan fingerprint density at radius 3 is 2.36 bits per heavy atom. The van der Waals surface area contributed by atoms with Crippen LogP contribution in [0.25, 0.3) is 0 Å². The Hall–Kier alpha value is -1.82. The van der Waals surface area contributed by atoms with Crippen molar-refractivity contribution in [3.05, 3.63) is 16.7 Å². The van der Waals surface area contributed by atoms with E-state index < -0.39 is 0 Å². The van der Waals surface area contributed by atoms with Gasteiger partial charge in [-0.1, -0.05) is 11.8 Å². The summed E-state index contributed by atoms with van der Waals surface area (Å²) >= 11 is 1.40. The molecule has 1 amide bonds. The first-order valence-electron chi connectivity index (χ1n) is 10.0. The van der Waals surface area contributed by atoms with E-state index in [2.05, 4.69) is 11.0 Å². The van der Waals surface area contributed by atoms with Crippen LogP contribution < -0.4 is 4.90 Å². The number of carbonyl (C=O) groups is 1. The average molecular weight is 403 g/mol. The molecular weight excluding hydrogens is 376 g/mol. The largest absolute Gasteiger partial charge is 0.378 e. The quantitative estimate of drug-likeness (QED) is 0.708. The molecule has 1 aromatic rings.